The number of nitrogens with zero attached hydrogens (tertiary/aromatic N) is 2. The molecule has 0 unspecified atom stereocenters. The molecule has 1 aliphatic heterocycles. The van der Waals surface area contributed by atoms with Gasteiger partial charge in [0, 0.05) is 17.5 Å². The second-order valence-corrected chi connectivity index (χ2v) is 2.87. The third kappa shape index (κ3) is 1.67. The number of hydrogen-bond donors (Lipinski definition) is 3. The van der Waals surface area contributed by atoms with Crippen molar-refractivity contribution in [2.75, 3.05) is 6.61 Å². The van der Waals surface area contributed by atoms with Crippen molar-refractivity contribution < 1.29 is 5.11 Å². The van der Waals surface area contributed by atoms with Crippen LogP contribution >= 0.6 is 0 Å². The van der Waals surface area contributed by atoms with Gasteiger partial charge < -0.3 is 10.4 Å². The fourth-order valence-corrected chi connectivity index (χ4v) is 1.22. The van der Waals surface area contributed by atoms with E-state index < -0.39 is 0 Å². The van der Waals surface area contributed by atoms with E-state index in [0.717, 1.165) is 5.70 Å². The second-order valence-electron chi connectivity index (χ2n) is 2.87. The van der Waals surface area contributed by atoms with E-state index in [4.69, 9.17) is 10.5 Å². The summed E-state index contributed by atoms with van der Waals surface area (Å²) < 4.78 is 0. The van der Waals surface area contributed by atoms with E-state index in [1.807, 2.05) is 0 Å². The van der Waals surface area contributed by atoms with Crippen LogP contribution in [0.15, 0.2) is 28.8 Å². The molecule has 76 valence electrons. The molecule has 0 aromatic heterocycles. The van der Waals surface area contributed by atoms with Gasteiger partial charge in [-0.2, -0.15) is 5.10 Å². The molecule has 0 spiro atoms. The molecule has 0 saturated carbocycles. The van der Waals surface area contributed by atoms with Crippen LogP contribution in [0.4, 0.5) is 0 Å². The number of nitrogens with one attached hydrogen (secondary N) is 2. The zero-order chi connectivity index (χ0) is 10.7. The lowest BCUT2D eigenvalue weighted by Crippen LogP contribution is -2.39. The molecular weight excluding hydrogens is 180 g/mol. The second kappa shape index (κ2) is 4.06. The fraction of sp³-hybridized carbons (Fsp3) is 0.333. The summed E-state index contributed by atoms with van der Waals surface area (Å²) in [6.07, 6.45) is 1.57. The number of hydrogen-bond acceptors (Lipinski definition) is 4. The number of hydrazone groups is 1. The molecule has 5 nitrogen and oxygen atoms in total. The molecule has 0 aliphatic carbocycles. The molecule has 5 heteroatoms. The van der Waals surface area contributed by atoms with Gasteiger partial charge in [-0.3, -0.25) is 5.41 Å². The number of amidine groups is 1. The summed E-state index contributed by atoms with van der Waals surface area (Å²) in [6.45, 7) is 7.09. The first-order valence-corrected chi connectivity index (χ1v) is 4.26. The average Bonchev–Trinajstić information content (AvgIpc) is 2.12. The minimum absolute atomic E-state index is 0.159. The van der Waals surface area contributed by atoms with E-state index in [-0.39, 0.29) is 12.4 Å². The molecule has 1 heterocycles. The van der Waals surface area contributed by atoms with Crippen LogP contribution in [-0.2, 0) is 0 Å². The van der Waals surface area contributed by atoms with Crippen molar-refractivity contribution in [3.63, 3.8) is 0 Å². The monoisotopic (exact) mass is 194 g/mol. The summed E-state index contributed by atoms with van der Waals surface area (Å²) in [5.74, 6) is 0.676. The van der Waals surface area contributed by atoms with Crippen molar-refractivity contribution in [2.24, 2.45) is 5.10 Å². The van der Waals surface area contributed by atoms with Gasteiger partial charge in [0.05, 0.1) is 6.61 Å². The summed E-state index contributed by atoms with van der Waals surface area (Å²) in [4.78, 5) is 0. The molecular formula is C9H14N4O. The fourth-order valence-electron chi connectivity index (χ4n) is 1.22. The molecule has 0 saturated heterocycles. The minimum atomic E-state index is -0.180. The molecule has 3 N–H and O–H groups in total. The summed E-state index contributed by atoms with van der Waals surface area (Å²) >= 11 is 0. The molecule has 14 heavy (non-hydrogen) atoms. The third-order valence-corrected chi connectivity index (χ3v) is 1.93. The van der Waals surface area contributed by atoms with E-state index >= 15 is 0 Å². The van der Waals surface area contributed by atoms with Crippen LogP contribution in [0.2, 0.25) is 0 Å². The van der Waals surface area contributed by atoms with Crippen LogP contribution < -0.4 is 5.32 Å². The number of rotatable bonds is 2. The lowest BCUT2D eigenvalue weighted by Gasteiger charge is -2.29. The highest BCUT2D eigenvalue weighted by Gasteiger charge is 2.23. The molecule has 0 aromatic rings. The van der Waals surface area contributed by atoms with Gasteiger partial charge in [0.1, 0.15) is 5.82 Å². The van der Waals surface area contributed by atoms with Gasteiger partial charge in [-0.25, -0.2) is 5.01 Å². The topological polar surface area (TPSA) is 71.7 Å². The van der Waals surface area contributed by atoms with E-state index in [1.54, 1.807) is 20.1 Å². The number of aliphatic hydroxyl groups excluding tert-OH is 1. The summed E-state index contributed by atoms with van der Waals surface area (Å²) in [5, 5.41) is 25.1. The minimum Gasteiger partial charge on any atom is -0.391 e. The van der Waals surface area contributed by atoms with Crippen LogP contribution in [0.1, 0.15) is 13.8 Å². The molecule has 0 bridgehead atoms. The molecule has 0 fully saturated rings. The van der Waals surface area contributed by atoms with E-state index in [2.05, 4.69) is 17.0 Å². The van der Waals surface area contributed by atoms with Crippen LogP contribution in [0.3, 0.4) is 0 Å². The van der Waals surface area contributed by atoms with Crippen molar-refractivity contribution in [3.05, 3.63) is 23.7 Å². The van der Waals surface area contributed by atoms with Crippen molar-refractivity contribution in [3.8, 4) is 0 Å². The highest BCUT2D eigenvalue weighted by atomic mass is 16.3. The van der Waals surface area contributed by atoms with Crippen molar-refractivity contribution in [1.29, 1.82) is 5.41 Å². The largest absolute Gasteiger partial charge is 0.391 e. The van der Waals surface area contributed by atoms with E-state index in [9.17, 15) is 0 Å². The Morgan fingerprint density at radius 3 is 2.86 bits per heavy atom. The Morgan fingerprint density at radius 2 is 2.36 bits per heavy atom. The number of aliphatic hydroxyl groups is 1. The van der Waals surface area contributed by atoms with Gasteiger partial charge >= 0.3 is 0 Å². The highest BCUT2D eigenvalue weighted by Crippen LogP contribution is 2.17. The van der Waals surface area contributed by atoms with Gasteiger partial charge in [-0.05, 0) is 13.8 Å². The Labute approximate surface area is 82.9 Å². The maximum Gasteiger partial charge on any atom is 0.155 e. The first-order chi connectivity index (χ1) is 6.61. The molecule has 1 rings (SSSR count). The van der Waals surface area contributed by atoms with Gasteiger partial charge in [0.2, 0.25) is 0 Å². The maximum atomic E-state index is 9.06. The van der Waals surface area contributed by atoms with Crippen molar-refractivity contribution >= 4 is 12.1 Å². The molecule has 0 radical (unpaired) electrons. The SMILES string of the molecule is C=C1NC(C)=C(CO)C(=N)N1/N=C\C. The van der Waals surface area contributed by atoms with Gasteiger partial charge in [0.25, 0.3) is 0 Å². The quantitative estimate of drug-likeness (QED) is 0.564. The Hall–Kier alpha value is -1.62. The maximum absolute atomic E-state index is 9.06. The Bertz CT molecular complexity index is 330. The zero-order valence-corrected chi connectivity index (χ0v) is 8.33. The first kappa shape index (κ1) is 10.5. The van der Waals surface area contributed by atoms with Gasteiger partial charge in [0.15, 0.2) is 5.84 Å². The Morgan fingerprint density at radius 1 is 1.71 bits per heavy atom. The zero-order valence-electron chi connectivity index (χ0n) is 8.33. The van der Waals surface area contributed by atoms with Crippen molar-refractivity contribution in [1.82, 2.24) is 10.3 Å². The smallest absolute Gasteiger partial charge is 0.155 e. The highest BCUT2D eigenvalue weighted by molar-refractivity contribution is 5.98. The molecule has 0 amide bonds. The molecule has 0 atom stereocenters. The van der Waals surface area contributed by atoms with Crippen LogP contribution in [-0.4, -0.2) is 28.8 Å². The van der Waals surface area contributed by atoms with E-state index in [0.29, 0.717) is 11.4 Å². The third-order valence-electron chi connectivity index (χ3n) is 1.93. The van der Waals surface area contributed by atoms with E-state index in [1.165, 1.54) is 5.01 Å². The Kier molecular flexibility index (Phi) is 3.03. The predicted octanol–water partition coefficient (Wildman–Crippen LogP) is 0.612. The lowest BCUT2D eigenvalue weighted by atomic mass is 10.1. The first-order valence-electron chi connectivity index (χ1n) is 4.26. The van der Waals surface area contributed by atoms with Crippen molar-refractivity contribution in [2.45, 2.75) is 13.8 Å². The summed E-state index contributed by atoms with van der Waals surface area (Å²) in [5.41, 5.74) is 1.27. The van der Waals surface area contributed by atoms with Crippen LogP contribution in [0.25, 0.3) is 0 Å². The average molecular weight is 194 g/mol. The van der Waals surface area contributed by atoms with Crippen LogP contribution in [0.5, 0.6) is 0 Å². The van der Waals surface area contributed by atoms with Gasteiger partial charge in [-0.15, -0.1) is 0 Å². The lowest BCUT2D eigenvalue weighted by molar-refractivity contribution is 0.328. The molecule has 1 aliphatic rings. The predicted molar refractivity (Wildman–Crippen MR) is 55.8 cm³/mol. The Balaban J connectivity index is 3.06. The normalized spacial score (nSPS) is 18.1. The summed E-state index contributed by atoms with van der Waals surface area (Å²) in [7, 11) is 0. The van der Waals surface area contributed by atoms with Crippen LogP contribution in [0, 0.1) is 5.41 Å². The van der Waals surface area contributed by atoms with Gasteiger partial charge in [-0.1, -0.05) is 6.58 Å². The summed E-state index contributed by atoms with van der Waals surface area (Å²) in [6, 6.07) is 0. The molecule has 0 aromatic carbocycles. The standard InChI is InChI=1S/C9H14N4O/c1-4-11-13-7(3)12-6(2)8(5-14)9(13)10/h4,10,12,14H,3,5H2,1-2H3/b10-9?,11-4-. The number of allylic oxidation sites excluding steroid dienone is 1.